The molecular formula is C14H10BrClO3. The molecule has 2 rings (SSSR count). The van der Waals surface area contributed by atoms with Crippen molar-refractivity contribution in [1.29, 1.82) is 0 Å². The Hall–Kier alpha value is -1.52. The average molecular weight is 342 g/mol. The molecule has 3 nitrogen and oxygen atoms in total. The van der Waals surface area contributed by atoms with E-state index in [-0.39, 0.29) is 10.6 Å². The molecule has 0 spiro atoms. The predicted molar refractivity (Wildman–Crippen MR) is 77.4 cm³/mol. The van der Waals surface area contributed by atoms with Crippen LogP contribution in [0.25, 0.3) is 0 Å². The maximum Gasteiger partial charge on any atom is 0.335 e. The van der Waals surface area contributed by atoms with E-state index in [1.165, 1.54) is 12.1 Å². The van der Waals surface area contributed by atoms with E-state index in [0.29, 0.717) is 11.5 Å². The molecule has 0 aliphatic rings. The van der Waals surface area contributed by atoms with E-state index in [0.717, 1.165) is 10.0 Å². The monoisotopic (exact) mass is 340 g/mol. The first-order valence-corrected chi connectivity index (χ1v) is 6.61. The summed E-state index contributed by atoms with van der Waals surface area (Å²) >= 11 is 9.40. The molecule has 0 amide bonds. The van der Waals surface area contributed by atoms with Crippen molar-refractivity contribution in [2.75, 3.05) is 0 Å². The first-order chi connectivity index (χ1) is 8.97. The maximum atomic E-state index is 10.8. The van der Waals surface area contributed by atoms with Crippen molar-refractivity contribution in [1.82, 2.24) is 0 Å². The van der Waals surface area contributed by atoms with Gasteiger partial charge in [0.25, 0.3) is 0 Å². The second-order valence-corrected chi connectivity index (χ2v) is 5.22. The Kier molecular flexibility index (Phi) is 4.12. The van der Waals surface area contributed by atoms with Crippen molar-refractivity contribution in [3.63, 3.8) is 0 Å². The highest BCUT2D eigenvalue weighted by molar-refractivity contribution is 9.10. The van der Waals surface area contributed by atoms with Gasteiger partial charge < -0.3 is 9.84 Å². The zero-order chi connectivity index (χ0) is 14.0. The molecule has 2 aromatic rings. The molecule has 0 aliphatic heterocycles. The van der Waals surface area contributed by atoms with Crippen LogP contribution in [0.4, 0.5) is 0 Å². The van der Waals surface area contributed by atoms with Crippen LogP contribution in [0.1, 0.15) is 15.9 Å². The van der Waals surface area contributed by atoms with E-state index in [1.54, 1.807) is 12.1 Å². The fourth-order valence-corrected chi connectivity index (χ4v) is 1.99. The largest absolute Gasteiger partial charge is 0.478 e. The minimum Gasteiger partial charge on any atom is -0.478 e. The molecule has 0 heterocycles. The lowest BCUT2D eigenvalue weighted by Gasteiger charge is -2.09. The Labute approximate surface area is 123 Å². The summed E-state index contributed by atoms with van der Waals surface area (Å²) in [6.45, 7) is 1.95. The van der Waals surface area contributed by atoms with Gasteiger partial charge >= 0.3 is 5.97 Å². The third-order valence-corrected chi connectivity index (χ3v) is 3.72. The average Bonchev–Trinajstić information content (AvgIpc) is 2.36. The van der Waals surface area contributed by atoms with Gasteiger partial charge in [-0.1, -0.05) is 27.5 Å². The van der Waals surface area contributed by atoms with E-state index < -0.39 is 5.97 Å². The van der Waals surface area contributed by atoms with Gasteiger partial charge in [-0.15, -0.1) is 0 Å². The standard InChI is InChI=1S/C14H10BrClO3/c1-8-6-10(3-4-11(8)15)19-13-5-2-9(14(17)18)7-12(13)16/h2-7H,1H3,(H,17,18). The number of aryl methyl sites for hydroxylation is 1. The molecule has 0 radical (unpaired) electrons. The fourth-order valence-electron chi connectivity index (χ4n) is 1.52. The predicted octanol–water partition coefficient (Wildman–Crippen LogP) is 4.90. The van der Waals surface area contributed by atoms with Crippen LogP contribution < -0.4 is 4.74 Å². The summed E-state index contributed by atoms with van der Waals surface area (Å²) in [5, 5.41) is 9.12. The molecule has 98 valence electrons. The zero-order valence-electron chi connectivity index (χ0n) is 9.98. The number of aromatic carboxylic acids is 1. The van der Waals surface area contributed by atoms with E-state index in [4.69, 9.17) is 21.4 Å². The number of carbonyl (C=O) groups is 1. The lowest BCUT2D eigenvalue weighted by Crippen LogP contribution is -1.96. The number of carboxylic acids is 1. The van der Waals surface area contributed by atoms with Gasteiger partial charge in [-0.3, -0.25) is 0 Å². The van der Waals surface area contributed by atoms with Gasteiger partial charge in [0.1, 0.15) is 11.5 Å². The fraction of sp³-hybridized carbons (Fsp3) is 0.0714. The molecule has 0 saturated heterocycles. The lowest BCUT2D eigenvalue weighted by molar-refractivity contribution is 0.0697. The lowest BCUT2D eigenvalue weighted by atomic mass is 10.2. The number of hydrogen-bond acceptors (Lipinski definition) is 2. The summed E-state index contributed by atoms with van der Waals surface area (Å²) in [7, 11) is 0. The summed E-state index contributed by atoms with van der Waals surface area (Å²) in [6, 6.07) is 9.91. The van der Waals surface area contributed by atoms with Crippen LogP contribution in [0.5, 0.6) is 11.5 Å². The normalized spacial score (nSPS) is 10.3. The van der Waals surface area contributed by atoms with Gasteiger partial charge in [0.05, 0.1) is 10.6 Å². The van der Waals surface area contributed by atoms with Crippen molar-refractivity contribution in [2.24, 2.45) is 0 Å². The quantitative estimate of drug-likeness (QED) is 0.863. The minimum absolute atomic E-state index is 0.129. The Balaban J connectivity index is 2.28. The van der Waals surface area contributed by atoms with E-state index in [1.807, 2.05) is 19.1 Å². The molecule has 2 aromatic carbocycles. The van der Waals surface area contributed by atoms with Crippen LogP contribution in [0.2, 0.25) is 5.02 Å². The number of hydrogen-bond donors (Lipinski definition) is 1. The molecule has 0 aromatic heterocycles. The van der Waals surface area contributed by atoms with Crippen molar-refractivity contribution in [3.8, 4) is 11.5 Å². The number of benzene rings is 2. The number of rotatable bonds is 3. The van der Waals surface area contributed by atoms with Crippen LogP contribution in [-0.2, 0) is 0 Å². The van der Waals surface area contributed by atoms with Crippen molar-refractivity contribution in [3.05, 3.63) is 57.0 Å². The van der Waals surface area contributed by atoms with Crippen molar-refractivity contribution in [2.45, 2.75) is 6.92 Å². The van der Waals surface area contributed by atoms with Gasteiger partial charge in [-0.2, -0.15) is 0 Å². The molecule has 19 heavy (non-hydrogen) atoms. The van der Waals surface area contributed by atoms with Gasteiger partial charge in [0, 0.05) is 4.47 Å². The SMILES string of the molecule is Cc1cc(Oc2ccc(C(=O)O)cc2Cl)ccc1Br. The molecular weight excluding hydrogens is 332 g/mol. The Morgan fingerprint density at radius 2 is 2.00 bits per heavy atom. The van der Waals surface area contributed by atoms with Crippen LogP contribution >= 0.6 is 27.5 Å². The third-order valence-electron chi connectivity index (χ3n) is 2.54. The van der Waals surface area contributed by atoms with E-state index in [2.05, 4.69) is 15.9 Å². The molecule has 0 atom stereocenters. The van der Waals surface area contributed by atoms with Crippen molar-refractivity contribution >= 4 is 33.5 Å². The summed E-state index contributed by atoms with van der Waals surface area (Å²) in [5.74, 6) is 0.0481. The summed E-state index contributed by atoms with van der Waals surface area (Å²) < 4.78 is 6.63. The van der Waals surface area contributed by atoms with Crippen LogP contribution in [0.3, 0.4) is 0 Å². The highest BCUT2D eigenvalue weighted by Crippen LogP contribution is 2.31. The Morgan fingerprint density at radius 3 is 2.58 bits per heavy atom. The smallest absolute Gasteiger partial charge is 0.335 e. The number of ether oxygens (including phenoxy) is 1. The molecule has 0 bridgehead atoms. The van der Waals surface area contributed by atoms with Gasteiger partial charge in [0.15, 0.2) is 0 Å². The zero-order valence-corrected chi connectivity index (χ0v) is 12.3. The van der Waals surface area contributed by atoms with Gasteiger partial charge in [-0.25, -0.2) is 4.79 Å². The Morgan fingerprint density at radius 1 is 1.26 bits per heavy atom. The van der Waals surface area contributed by atoms with Crippen molar-refractivity contribution < 1.29 is 14.6 Å². The van der Waals surface area contributed by atoms with E-state index >= 15 is 0 Å². The number of carboxylic acid groups (broad SMARTS) is 1. The highest BCUT2D eigenvalue weighted by Gasteiger charge is 2.09. The second-order valence-electron chi connectivity index (χ2n) is 3.96. The first-order valence-electron chi connectivity index (χ1n) is 5.44. The summed E-state index contributed by atoms with van der Waals surface area (Å²) in [4.78, 5) is 10.8. The highest BCUT2D eigenvalue weighted by atomic mass is 79.9. The van der Waals surface area contributed by atoms with E-state index in [9.17, 15) is 4.79 Å². The molecule has 1 N–H and O–H groups in total. The maximum absolute atomic E-state index is 10.8. The third kappa shape index (κ3) is 3.28. The molecule has 0 saturated carbocycles. The topological polar surface area (TPSA) is 46.5 Å². The molecule has 0 unspecified atom stereocenters. The first kappa shape index (κ1) is 13.9. The summed E-state index contributed by atoms with van der Waals surface area (Å²) in [5.41, 5.74) is 1.17. The Bertz CT molecular complexity index is 641. The van der Waals surface area contributed by atoms with Crippen LogP contribution in [-0.4, -0.2) is 11.1 Å². The second kappa shape index (κ2) is 5.63. The van der Waals surface area contributed by atoms with Crippen LogP contribution in [0.15, 0.2) is 40.9 Å². The summed E-state index contributed by atoms with van der Waals surface area (Å²) in [6.07, 6.45) is 0. The molecule has 0 fully saturated rings. The van der Waals surface area contributed by atoms with Crippen LogP contribution in [0, 0.1) is 6.92 Å². The number of halogens is 2. The minimum atomic E-state index is -1.02. The van der Waals surface area contributed by atoms with Gasteiger partial charge in [0.2, 0.25) is 0 Å². The molecule has 0 aliphatic carbocycles. The molecule has 5 heteroatoms. The van der Waals surface area contributed by atoms with Gasteiger partial charge in [-0.05, 0) is 48.9 Å².